The topological polar surface area (TPSA) is 58.6 Å². The van der Waals surface area contributed by atoms with E-state index in [1.165, 1.54) is 19.2 Å². The molecule has 130 valence electrons. The normalized spacial score (nSPS) is 14.6. The maximum atomic E-state index is 13.4. The molecule has 0 bridgehead atoms. The van der Waals surface area contributed by atoms with Crippen molar-refractivity contribution in [3.05, 3.63) is 29.8 Å². The molecule has 0 spiro atoms. The zero-order valence-electron chi connectivity index (χ0n) is 14.0. The maximum absolute atomic E-state index is 13.4. The third-order valence-electron chi connectivity index (χ3n) is 3.57. The van der Waals surface area contributed by atoms with Crippen LogP contribution in [0.15, 0.2) is 24.3 Å². The molecule has 0 heterocycles. The molecule has 2 unspecified atom stereocenters. The van der Waals surface area contributed by atoms with E-state index in [2.05, 4.69) is 5.32 Å². The van der Waals surface area contributed by atoms with Crippen LogP contribution in [0.1, 0.15) is 45.2 Å². The molecule has 2 atom stereocenters. The van der Waals surface area contributed by atoms with Crippen molar-refractivity contribution in [1.82, 2.24) is 5.32 Å². The number of benzene rings is 1. The van der Waals surface area contributed by atoms with Gasteiger partial charge in [-0.2, -0.15) is 0 Å². The number of nitrogens with one attached hydrogen (secondary N) is 1. The lowest BCUT2D eigenvalue weighted by Gasteiger charge is -2.26. The van der Waals surface area contributed by atoms with E-state index in [0.29, 0.717) is 17.7 Å². The third kappa shape index (κ3) is 6.52. The Labute approximate surface area is 135 Å². The quantitative estimate of drug-likeness (QED) is 0.760. The van der Waals surface area contributed by atoms with Gasteiger partial charge in [0.05, 0.1) is 13.2 Å². The van der Waals surface area contributed by atoms with E-state index in [-0.39, 0.29) is 11.8 Å². The maximum Gasteiger partial charge on any atom is 0.320 e. The fourth-order valence-electron chi connectivity index (χ4n) is 2.22. The zero-order chi connectivity index (χ0) is 17.6. The van der Waals surface area contributed by atoms with E-state index in [1.807, 2.05) is 20.8 Å². The van der Waals surface area contributed by atoms with Crippen molar-refractivity contribution >= 4 is 5.97 Å². The molecule has 0 aliphatic rings. The Morgan fingerprint density at radius 2 is 2.00 bits per heavy atom. The van der Waals surface area contributed by atoms with Gasteiger partial charge in [0.15, 0.2) is 0 Å². The highest BCUT2D eigenvalue weighted by molar-refractivity contribution is 5.73. The summed E-state index contributed by atoms with van der Waals surface area (Å²) >= 11 is 0. The minimum Gasteiger partial charge on any atom is -0.497 e. The van der Waals surface area contributed by atoms with Crippen LogP contribution in [0.25, 0.3) is 0 Å². The summed E-state index contributed by atoms with van der Waals surface area (Å²) in [6.07, 6.45) is -1.82. The van der Waals surface area contributed by atoms with E-state index in [9.17, 15) is 18.7 Å². The number of methoxy groups -OCH3 is 1. The molecule has 1 rings (SSSR count). The monoisotopic (exact) mass is 329 g/mol. The van der Waals surface area contributed by atoms with Gasteiger partial charge in [-0.15, -0.1) is 0 Å². The predicted molar refractivity (Wildman–Crippen MR) is 85.0 cm³/mol. The van der Waals surface area contributed by atoms with Crippen molar-refractivity contribution in [3.63, 3.8) is 0 Å². The van der Waals surface area contributed by atoms with E-state index >= 15 is 0 Å². The molecule has 0 amide bonds. The van der Waals surface area contributed by atoms with Crippen LogP contribution in [0.2, 0.25) is 0 Å². The second kappa shape index (κ2) is 8.24. The van der Waals surface area contributed by atoms with Gasteiger partial charge in [-0.05, 0) is 36.0 Å². The predicted octanol–water partition coefficient (Wildman–Crippen LogP) is 3.87. The molecule has 2 N–H and O–H groups in total. The van der Waals surface area contributed by atoms with Crippen LogP contribution < -0.4 is 10.1 Å². The molecule has 0 aromatic heterocycles. The van der Waals surface area contributed by atoms with Crippen molar-refractivity contribution < 1.29 is 23.4 Å². The van der Waals surface area contributed by atoms with Crippen LogP contribution >= 0.6 is 0 Å². The highest BCUT2D eigenvalue weighted by Gasteiger charge is 2.29. The van der Waals surface area contributed by atoms with Crippen LogP contribution in [0.5, 0.6) is 5.75 Å². The van der Waals surface area contributed by atoms with Gasteiger partial charge in [-0.25, -0.2) is 8.78 Å². The molecule has 6 heteroatoms. The van der Waals surface area contributed by atoms with Gasteiger partial charge < -0.3 is 9.84 Å². The lowest BCUT2D eigenvalue weighted by atomic mass is 9.88. The Morgan fingerprint density at radius 3 is 2.48 bits per heavy atom. The Bertz CT molecular complexity index is 515. The number of alkyl halides is 2. The zero-order valence-corrected chi connectivity index (χ0v) is 14.0. The standard InChI is InChI=1S/C17H25F2NO3/c1-17(2,3)9-8-13(16(21)22)20-14(15(18)19)11-6-5-7-12(10-11)23-4/h5-7,10,13-15,20H,8-9H2,1-4H3,(H,21,22). The number of carbonyl (C=O) groups is 1. The van der Waals surface area contributed by atoms with E-state index in [1.54, 1.807) is 12.1 Å². The number of rotatable bonds is 8. The first-order valence-corrected chi connectivity index (χ1v) is 7.55. The largest absolute Gasteiger partial charge is 0.497 e. The summed E-state index contributed by atoms with van der Waals surface area (Å²) in [5, 5.41) is 11.9. The minimum atomic E-state index is -2.72. The van der Waals surface area contributed by atoms with Crippen LogP contribution in [-0.2, 0) is 4.79 Å². The lowest BCUT2D eigenvalue weighted by molar-refractivity contribution is -0.140. The minimum absolute atomic E-state index is 0.0638. The average molecular weight is 329 g/mol. The Hall–Kier alpha value is -1.69. The Morgan fingerprint density at radius 1 is 1.35 bits per heavy atom. The molecule has 0 aliphatic heterocycles. The first-order valence-electron chi connectivity index (χ1n) is 7.55. The van der Waals surface area contributed by atoms with Crippen molar-refractivity contribution in [2.24, 2.45) is 5.41 Å². The summed E-state index contributed by atoms with van der Waals surface area (Å²) in [7, 11) is 1.45. The number of carboxylic acid groups (broad SMARTS) is 1. The first-order chi connectivity index (χ1) is 10.6. The van der Waals surface area contributed by atoms with Gasteiger partial charge in [0.2, 0.25) is 0 Å². The van der Waals surface area contributed by atoms with Crippen molar-refractivity contribution in [3.8, 4) is 5.75 Å². The van der Waals surface area contributed by atoms with Gasteiger partial charge in [0, 0.05) is 0 Å². The smallest absolute Gasteiger partial charge is 0.320 e. The van der Waals surface area contributed by atoms with Gasteiger partial charge in [-0.3, -0.25) is 10.1 Å². The molecular weight excluding hydrogens is 304 g/mol. The SMILES string of the molecule is COc1cccc(C(NC(CCC(C)(C)C)C(=O)O)C(F)F)c1. The number of aliphatic carboxylic acids is 1. The van der Waals surface area contributed by atoms with Crippen LogP contribution in [0.4, 0.5) is 8.78 Å². The lowest BCUT2D eigenvalue weighted by Crippen LogP contribution is -2.42. The third-order valence-corrected chi connectivity index (χ3v) is 3.57. The summed E-state index contributed by atoms with van der Waals surface area (Å²) in [5.41, 5.74) is 0.243. The van der Waals surface area contributed by atoms with E-state index in [0.717, 1.165) is 0 Å². The van der Waals surface area contributed by atoms with Gasteiger partial charge >= 0.3 is 5.97 Å². The molecule has 23 heavy (non-hydrogen) atoms. The van der Waals surface area contributed by atoms with E-state index < -0.39 is 24.5 Å². The number of hydrogen-bond acceptors (Lipinski definition) is 3. The van der Waals surface area contributed by atoms with Crippen LogP contribution in [0, 0.1) is 5.41 Å². The van der Waals surface area contributed by atoms with Crippen LogP contribution in [-0.4, -0.2) is 30.7 Å². The summed E-state index contributed by atoms with van der Waals surface area (Å²) in [5.74, 6) is -0.667. The van der Waals surface area contributed by atoms with Gasteiger partial charge in [0.25, 0.3) is 6.43 Å². The fraction of sp³-hybridized carbons (Fsp3) is 0.588. The Balaban J connectivity index is 2.92. The summed E-state index contributed by atoms with van der Waals surface area (Å²) in [4.78, 5) is 11.4. The fourth-order valence-corrected chi connectivity index (χ4v) is 2.22. The number of ether oxygens (including phenoxy) is 1. The van der Waals surface area contributed by atoms with Gasteiger partial charge in [0.1, 0.15) is 11.8 Å². The molecular formula is C17H25F2NO3. The summed E-state index contributed by atoms with van der Waals surface area (Å²) in [6.45, 7) is 5.95. The highest BCUT2D eigenvalue weighted by atomic mass is 19.3. The number of halogens is 2. The van der Waals surface area contributed by atoms with Crippen LogP contribution in [0.3, 0.4) is 0 Å². The summed E-state index contributed by atoms with van der Waals surface area (Å²) in [6, 6.07) is 3.91. The molecule has 0 saturated carbocycles. The van der Waals surface area contributed by atoms with Gasteiger partial charge in [-0.1, -0.05) is 32.9 Å². The molecule has 0 radical (unpaired) electrons. The van der Waals surface area contributed by atoms with Crippen molar-refractivity contribution in [1.29, 1.82) is 0 Å². The molecule has 1 aromatic carbocycles. The summed E-state index contributed by atoms with van der Waals surface area (Å²) < 4.78 is 31.9. The molecule has 4 nitrogen and oxygen atoms in total. The molecule has 1 aromatic rings. The average Bonchev–Trinajstić information content (AvgIpc) is 2.45. The number of hydrogen-bond donors (Lipinski definition) is 2. The Kier molecular flexibility index (Phi) is 6.94. The highest BCUT2D eigenvalue weighted by Crippen LogP contribution is 2.27. The van der Waals surface area contributed by atoms with E-state index in [4.69, 9.17) is 4.74 Å². The second-order valence-electron chi connectivity index (χ2n) is 6.75. The van der Waals surface area contributed by atoms with Crippen molar-refractivity contribution in [2.45, 2.75) is 52.1 Å². The number of carboxylic acids is 1. The second-order valence-corrected chi connectivity index (χ2v) is 6.75. The molecule has 0 saturated heterocycles. The molecule has 0 aliphatic carbocycles. The first kappa shape index (κ1) is 19.4. The van der Waals surface area contributed by atoms with Crippen molar-refractivity contribution in [2.75, 3.05) is 7.11 Å². The molecule has 0 fully saturated rings.